The maximum Gasteiger partial charge on any atom is 0.292 e. The molecule has 1 aliphatic rings. The molecule has 0 aliphatic heterocycles. The molecule has 1 aromatic carbocycles. The van der Waals surface area contributed by atoms with Crippen LogP contribution >= 0.6 is 11.6 Å². The third kappa shape index (κ3) is 5.32. The summed E-state index contributed by atoms with van der Waals surface area (Å²) in [6, 6.07) is 9.90. The zero-order valence-corrected chi connectivity index (χ0v) is 20.8. The number of benzene rings is 1. The number of hydrogen-bond donors (Lipinski definition) is 1. The highest BCUT2D eigenvalue weighted by atomic mass is 35.5. The van der Waals surface area contributed by atoms with Gasteiger partial charge in [-0.3, -0.25) is 14.4 Å². The summed E-state index contributed by atoms with van der Waals surface area (Å²) in [7, 11) is 0. The monoisotopic (exact) mass is 496 g/mol. The Balaban J connectivity index is 1.74. The van der Waals surface area contributed by atoms with Crippen molar-refractivity contribution in [2.75, 3.05) is 10.3 Å². The smallest absolute Gasteiger partial charge is 0.292 e. The summed E-state index contributed by atoms with van der Waals surface area (Å²) in [6.45, 7) is 5.17. The van der Waals surface area contributed by atoms with Crippen LogP contribution in [0.4, 0.5) is 11.5 Å². The number of aromatic nitrogens is 1. The van der Waals surface area contributed by atoms with E-state index in [1.54, 1.807) is 36.4 Å². The van der Waals surface area contributed by atoms with E-state index in [9.17, 15) is 14.4 Å². The summed E-state index contributed by atoms with van der Waals surface area (Å²) in [5.74, 6) is -0.647. The van der Waals surface area contributed by atoms with Crippen molar-refractivity contribution in [1.29, 1.82) is 0 Å². The maximum atomic E-state index is 13.8. The molecule has 0 atom stereocenters. The summed E-state index contributed by atoms with van der Waals surface area (Å²) in [4.78, 5) is 43.4. The van der Waals surface area contributed by atoms with Crippen molar-refractivity contribution in [3.8, 4) is 0 Å². The van der Waals surface area contributed by atoms with Crippen molar-refractivity contribution in [2.45, 2.75) is 58.9 Å². The molecule has 1 N–H and O–H groups in total. The minimum Gasteiger partial charge on any atom is -0.449 e. The van der Waals surface area contributed by atoms with E-state index in [2.05, 4.69) is 10.3 Å². The fourth-order valence-electron chi connectivity index (χ4n) is 4.55. The second-order valence-electron chi connectivity index (χ2n) is 9.06. The number of furan rings is 1. The fraction of sp³-hybridized carbons (Fsp3) is 0.385. The number of rotatable bonds is 5. The van der Waals surface area contributed by atoms with Crippen molar-refractivity contribution < 1.29 is 18.8 Å². The molecular formula is C26H29ClN4O4. The Labute approximate surface area is 209 Å². The van der Waals surface area contributed by atoms with E-state index in [1.165, 1.54) is 23.1 Å². The molecule has 2 aromatic heterocycles. The first-order valence-electron chi connectivity index (χ1n) is 11.9. The van der Waals surface area contributed by atoms with Gasteiger partial charge in [0.1, 0.15) is 11.5 Å². The predicted molar refractivity (Wildman–Crippen MR) is 135 cm³/mol. The van der Waals surface area contributed by atoms with E-state index in [1.807, 2.05) is 13.8 Å². The van der Waals surface area contributed by atoms with E-state index in [-0.39, 0.29) is 29.5 Å². The average molecular weight is 497 g/mol. The Kier molecular flexibility index (Phi) is 7.40. The highest BCUT2D eigenvalue weighted by molar-refractivity contribution is 6.30. The number of para-hydroxylation sites is 1. The predicted octanol–water partition coefficient (Wildman–Crippen LogP) is 5.82. The standard InChI is InChI=1S/C26H29ClN4O4/c1-16(2)30(17(3)32)31(26(34)18-8-5-4-6-9-18)21-11-7-10-19-14-22(35-24(19)21)25(33)29-23-13-12-20(27)15-28-23/h7,10-16,18H,4-6,8-9H2,1-3H3,(H,28,29,33). The van der Waals surface area contributed by atoms with Gasteiger partial charge in [-0.2, -0.15) is 0 Å². The number of carbonyl (C=O) groups excluding carboxylic acids is 3. The molecule has 8 nitrogen and oxygen atoms in total. The Morgan fingerprint density at radius 2 is 1.86 bits per heavy atom. The van der Waals surface area contributed by atoms with Crippen LogP contribution in [0, 0.1) is 5.92 Å². The lowest BCUT2D eigenvalue weighted by atomic mass is 9.88. The molecule has 3 aromatic rings. The number of hydrogen-bond acceptors (Lipinski definition) is 5. The summed E-state index contributed by atoms with van der Waals surface area (Å²) in [6.07, 6.45) is 6.09. The molecule has 1 fully saturated rings. The molecule has 4 rings (SSSR count). The normalized spacial score (nSPS) is 14.2. The van der Waals surface area contributed by atoms with Gasteiger partial charge in [-0.1, -0.05) is 43.0 Å². The highest BCUT2D eigenvalue weighted by Crippen LogP contribution is 2.35. The number of fused-ring (bicyclic) bond motifs is 1. The van der Waals surface area contributed by atoms with E-state index in [4.69, 9.17) is 16.0 Å². The van der Waals surface area contributed by atoms with Crippen LogP contribution in [-0.2, 0) is 9.59 Å². The van der Waals surface area contributed by atoms with E-state index in [0.29, 0.717) is 27.5 Å². The molecule has 0 unspecified atom stereocenters. The number of nitrogens with one attached hydrogen (secondary N) is 1. The van der Waals surface area contributed by atoms with Gasteiger partial charge in [-0.15, -0.1) is 0 Å². The first kappa shape index (κ1) is 24.7. The van der Waals surface area contributed by atoms with Gasteiger partial charge in [-0.25, -0.2) is 15.0 Å². The Morgan fingerprint density at radius 3 is 2.49 bits per heavy atom. The fourth-order valence-corrected chi connectivity index (χ4v) is 4.66. The Hall–Kier alpha value is -3.39. The molecule has 3 amide bonds. The molecule has 35 heavy (non-hydrogen) atoms. The van der Waals surface area contributed by atoms with Crippen LogP contribution in [0.3, 0.4) is 0 Å². The van der Waals surface area contributed by atoms with E-state index >= 15 is 0 Å². The Morgan fingerprint density at radius 1 is 1.11 bits per heavy atom. The average Bonchev–Trinajstić information content (AvgIpc) is 3.28. The van der Waals surface area contributed by atoms with Crippen LogP contribution in [0.15, 0.2) is 47.0 Å². The minimum absolute atomic E-state index is 0.0631. The summed E-state index contributed by atoms with van der Waals surface area (Å²) in [5, 5.41) is 6.70. The first-order chi connectivity index (χ1) is 16.8. The van der Waals surface area contributed by atoms with Crippen LogP contribution in [0.25, 0.3) is 11.0 Å². The molecule has 184 valence electrons. The number of amides is 3. The van der Waals surface area contributed by atoms with Crippen molar-refractivity contribution in [3.63, 3.8) is 0 Å². The van der Waals surface area contributed by atoms with Gasteiger partial charge >= 0.3 is 0 Å². The molecular weight excluding hydrogens is 468 g/mol. The topological polar surface area (TPSA) is 95.8 Å². The van der Waals surface area contributed by atoms with Gasteiger partial charge < -0.3 is 9.73 Å². The number of pyridine rings is 1. The van der Waals surface area contributed by atoms with Crippen molar-refractivity contribution in [1.82, 2.24) is 9.99 Å². The zero-order chi connectivity index (χ0) is 25.1. The van der Waals surface area contributed by atoms with Gasteiger partial charge in [0.25, 0.3) is 5.91 Å². The second kappa shape index (κ2) is 10.5. The van der Waals surface area contributed by atoms with Crippen molar-refractivity contribution >= 4 is 51.8 Å². The van der Waals surface area contributed by atoms with E-state index < -0.39 is 5.91 Å². The summed E-state index contributed by atoms with van der Waals surface area (Å²) in [5.41, 5.74) is 0.795. The number of halogens is 1. The molecule has 1 aliphatic carbocycles. The lowest BCUT2D eigenvalue weighted by Gasteiger charge is -2.39. The van der Waals surface area contributed by atoms with Gasteiger partial charge in [0.05, 0.1) is 5.02 Å². The summed E-state index contributed by atoms with van der Waals surface area (Å²) < 4.78 is 5.99. The lowest BCUT2D eigenvalue weighted by Crippen LogP contribution is -2.54. The number of nitrogens with zero attached hydrogens (tertiary/aromatic N) is 3. The third-order valence-electron chi connectivity index (χ3n) is 6.13. The van der Waals surface area contributed by atoms with Gasteiger partial charge in [0.15, 0.2) is 11.3 Å². The molecule has 0 bridgehead atoms. The maximum absolute atomic E-state index is 13.8. The van der Waals surface area contributed by atoms with Crippen LogP contribution < -0.4 is 10.3 Å². The highest BCUT2D eigenvalue weighted by Gasteiger charge is 2.35. The van der Waals surface area contributed by atoms with Crippen LogP contribution in [0.5, 0.6) is 0 Å². The molecule has 0 radical (unpaired) electrons. The van der Waals surface area contributed by atoms with Crippen molar-refractivity contribution in [3.05, 3.63) is 53.4 Å². The first-order valence-corrected chi connectivity index (χ1v) is 12.2. The SMILES string of the molecule is CC(=O)N(C(C)C)N(C(=O)C1CCCCC1)c1cccc2cc(C(=O)Nc3ccc(Cl)cn3)oc12. The zero-order valence-electron chi connectivity index (χ0n) is 20.1. The van der Waals surface area contributed by atoms with Gasteiger partial charge in [0, 0.05) is 30.5 Å². The molecule has 9 heteroatoms. The van der Waals surface area contributed by atoms with Crippen molar-refractivity contribution in [2.24, 2.45) is 5.92 Å². The number of carbonyl (C=O) groups is 3. The van der Waals surface area contributed by atoms with Crippen LogP contribution in [-0.4, -0.2) is 33.8 Å². The van der Waals surface area contributed by atoms with Gasteiger partial charge in [0.2, 0.25) is 11.8 Å². The number of anilines is 2. The number of hydrazine groups is 1. The molecule has 1 saturated carbocycles. The Bertz CT molecular complexity index is 1230. The molecule has 0 spiro atoms. The van der Waals surface area contributed by atoms with Gasteiger partial charge in [-0.05, 0) is 51.0 Å². The molecule has 2 heterocycles. The summed E-state index contributed by atoms with van der Waals surface area (Å²) >= 11 is 5.86. The van der Waals surface area contributed by atoms with Crippen LogP contribution in [0.1, 0.15) is 63.4 Å². The quantitative estimate of drug-likeness (QED) is 0.449. The minimum atomic E-state index is -0.487. The largest absolute Gasteiger partial charge is 0.449 e. The lowest BCUT2D eigenvalue weighted by molar-refractivity contribution is -0.138. The molecule has 0 saturated heterocycles. The third-order valence-corrected chi connectivity index (χ3v) is 6.36. The second-order valence-corrected chi connectivity index (χ2v) is 9.50. The van der Waals surface area contributed by atoms with Crippen LogP contribution in [0.2, 0.25) is 5.02 Å². The van der Waals surface area contributed by atoms with E-state index in [0.717, 1.165) is 32.1 Å².